The van der Waals surface area contributed by atoms with E-state index in [1.807, 2.05) is 24.4 Å². The van der Waals surface area contributed by atoms with Gasteiger partial charge in [-0.2, -0.15) is 0 Å². The van der Waals surface area contributed by atoms with E-state index in [4.69, 9.17) is 0 Å². The number of pyridine rings is 1. The van der Waals surface area contributed by atoms with Crippen LogP contribution in [-0.4, -0.2) is 58.3 Å². The normalized spacial score (nSPS) is 15.5. The van der Waals surface area contributed by atoms with E-state index in [-0.39, 0.29) is 17.6 Å². The maximum Gasteiger partial charge on any atom is 0.276 e. The zero-order valence-electron chi connectivity index (χ0n) is 16.6. The second-order valence-corrected chi connectivity index (χ2v) is 7.24. The molecule has 0 atom stereocenters. The molecule has 1 saturated heterocycles. The minimum absolute atomic E-state index is 0.000386. The highest BCUT2D eigenvalue weighted by atomic mass is 16.6. The highest BCUT2D eigenvalue weighted by molar-refractivity contribution is 5.92. The van der Waals surface area contributed by atoms with Gasteiger partial charge >= 0.3 is 0 Å². The van der Waals surface area contributed by atoms with Gasteiger partial charge in [0, 0.05) is 63.2 Å². The van der Waals surface area contributed by atoms with E-state index in [0.29, 0.717) is 5.56 Å². The number of aromatic nitrogens is 1. The van der Waals surface area contributed by atoms with E-state index in [0.717, 1.165) is 44.6 Å². The van der Waals surface area contributed by atoms with Crippen molar-refractivity contribution in [3.8, 4) is 0 Å². The molecular formula is C22H26N4O3. The molecule has 0 bridgehead atoms. The molecule has 1 aromatic carbocycles. The van der Waals surface area contributed by atoms with Crippen molar-refractivity contribution >= 4 is 17.7 Å². The molecule has 3 rings (SSSR count). The first-order valence-corrected chi connectivity index (χ1v) is 9.85. The fourth-order valence-corrected chi connectivity index (χ4v) is 3.60. The molecule has 152 valence electrons. The number of rotatable bonds is 7. The van der Waals surface area contributed by atoms with Gasteiger partial charge in [0.05, 0.1) is 10.5 Å². The van der Waals surface area contributed by atoms with E-state index < -0.39 is 4.92 Å². The van der Waals surface area contributed by atoms with Gasteiger partial charge in [0.1, 0.15) is 0 Å². The third-order valence-corrected chi connectivity index (χ3v) is 5.40. The number of likely N-dealkylation sites (N-methyl/N-ethyl adjacent to an activating group) is 1. The van der Waals surface area contributed by atoms with Gasteiger partial charge in [-0.05, 0) is 37.1 Å². The Morgan fingerprint density at radius 2 is 1.97 bits per heavy atom. The average molecular weight is 394 g/mol. The first kappa shape index (κ1) is 20.7. The van der Waals surface area contributed by atoms with Gasteiger partial charge in [0.25, 0.3) is 5.69 Å². The molecule has 1 aliphatic rings. The van der Waals surface area contributed by atoms with Crippen molar-refractivity contribution in [2.45, 2.75) is 25.3 Å². The molecule has 0 N–H and O–H groups in total. The largest absolute Gasteiger partial charge is 0.339 e. The fraction of sp³-hybridized carbons (Fsp3) is 0.364. The van der Waals surface area contributed by atoms with Gasteiger partial charge < -0.3 is 9.80 Å². The maximum atomic E-state index is 12.5. The highest BCUT2D eigenvalue weighted by Crippen LogP contribution is 2.20. The third kappa shape index (κ3) is 5.71. The molecule has 1 amide bonds. The van der Waals surface area contributed by atoms with Crippen molar-refractivity contribution in [2.24, 2.45) is 0 Å². The molecule has 1 aliphatic heterocycles. The molecule has 0 radical (unpaired) electrons. The third-order valence-electron chi connectivity index (χ3n) is 5.40. The molecule has 7 nitrogen and oxygen atoms in total. The second-order valence-electron chi connectivity index (χ2n) is 7.24. The van der Waals surface area contributed by atoms with Crippen molar-refractivity contribution in [3.63, 3.8) is 0 Å². The lowest BCUT2D eigenvalue weighted by Gasteiger charge is -2.36. The van der Waals surface area contributed by atoms with Crippen LogP contribution in [0.4, 0.5) is 5.69 Å². The van der Waals surface area contributed by atoms with Crippen molar-refractivity contribution in [2.75, 3.05) is 26.7 Å². The van der Waals surface area contributed by atoms with Crippen LogP contribution in [0, 0.1) is 10.1 Å². The number of hydrogen-bond acceptors (Lipinski definition) is 5. The van der Waals surface area contributed by atoms with E-state index >= 15 is 0 Å². The number of carbonyl (C=O) groups is 1. The molecule has 0 saturated carbocycles. The van der Waals surface area contributed by atoms with Crippen LogP contribution in [0.2, 0.25) is 0 Å². The number of hydrogen-bond donors (Lipinski definition) is 0. The molecule has 0 spiro atoms. The lowest BCUT2D eigenvalue weighted by Crippen LogP contribution is -2.45. The van der Waals surface area contributed by atoms with Crippen molar-refractivity contribution in [3.05, 3.63) is 76.1 Å². The van der Waals surface area contributed by atoms with E-state index in [1.165, 1.54) is 18.2 Å². The van der Waals surface area contributed by atoms with E-state index in [9.17, 15) is 14.9 Å². The van der Waals surface area contributed by atoms with Gasteiger partial charge in [-0.15, -0.1) is 0 Å². The van der Waals surface area contributed by atoms with Crippen LogP contribution in [0.1, 0.15) is 24.1 Å². The number of likely N-dealkylation sites (tertiary alicyclic amines) is 1. The number of nitrogens with zero attached hydrogens (tertiary/aromatic N) is 4. The van der Waals surface area contributed by atoms with Crippen LogP contribution in [0.3, 0.4) is 0 Å². The monoisotopic (exact) mass is 394 g/mol. The van der Waals surface area contributed by atoms with E-state index in [1.54, 1.807) is 30.1 Å². The van der Waals surface area contributed by atoms with Gasteiger partial charge in [-0.1, -0.05) is 18.2 Å². The van der Waals surface area contributed by atoms with Gasteiger partial charge in [-0.3, -0.25) is 19.9 Å². The summed E-state index contributed by atoms with van der Waals surface area (Å²) in [5.41, 5.74) is 1.53. The molecule has 7 heteroatoms. The fourth-order valence-electron chi connectivity index (χ4n) is 3.60. The first-order valence-electron chi connectivity index (χ1n) is 9.85. The minimum atomic E-state index is -0.436. The minimum Gasteiger partial charge on any atom is -0.339 e. The second kappa shape index (κ2) is 9.93. The summed E-state index contributed by atoms with van der Waals surface area (Å²) < 4.78 is 0. The smallest absolute Gasteiger partial charge is 0.276 e. The standard InChI is InChI=1S/C22H26N4O3/c1-24(22(27)10-9-18-6-2-3-8-21(18)26(28)29)20-12-16-25(17-13-20)15-11-19-7-4-5-14-23-19/h2-10,14,20H,11-13,15-17H2,1H3/b10-9+. The van der Waals surface area contributed by atoms with Crippen LogP contribution in [0.5, 0.6) is 0 Å². The summed E-state index contributed by atoms with van der Waals surface area (Å²) in [6.45, 7) is 2.87. The molecule has 0 aliphatic carbocycles. The predicted octanol–water partition coefficient (Wildman–Crippen LogP) is 3.17. The summed E-state index contributed by atoms with van der Waals surface area (Å²) >= 11 is 0. The first-order chi connectivity index (χ1) is 14.0. The number of para-hydroxylation sites is 1. The summed E-state index contributed by atoms with van der Waals surface area (Å²) in [6.07, 6.45) is 7.54. The number of nitro benzene ring substituents is 1. The van der Waals surface area contributed by atoms with Crippen LogP contribution in [0.15, 0.2) is 54.7 Å². The molecule has 2 heterocycles. The van der Waals surface area contributed by atoms with Gasteiger partial charge in [0.2, 0.25) is 5.91 Å². The van der Waals surface area contributed by atoms with Crippen LogP contribution < -0.4 is 0 Å². The Morgan fingerprint density at radius 1 is 1.24 bits per heavy atom. The van der Waals surface area contributed by atoms with Crippen LogP contribution in [-0.2, 0) is 11.2 Å². The van der Waals surface area contributed by atoms with Crippen LogP contribution >= 0.6 is 0 Å². The van der Waals surface area contributed by atoms with Crippen molar-refractivity contribution in [1.82, 2.24) is 14.8 Å². The lowest BCUT2D eigenvalue weighted by molar-refractivity contribution is -0.385. The number of amides is 1. The summed E-state index contributed by atoms with van der Waals surface area (Å²) in [5.74, 6) is -0.130. The Labute approximate surface area is 170 Å². The Balaban J connectivity index is 1.49. The summed E-state index contributed by atoms with van der Waals surface area (Å²) in [5, 5.41) is 11.1. The quantitative estimate of drug-likeness (QED) is 0.409. The molecule has 29 heavy (non-hydrogen) atoms. The highest BCUT2D eigenvalue weighted by Gasteiger charge is 2.24. The Morgan fingerprint density at radius 3 is 2.66 bits per heavy atom. The zero-order valence-corrected chi connectivity index (χ0v) is 16.6. The Bertz CT molecular complexity index is 861. The Hall–Kier alpha value is -3.06. The number of piperidine rings is 1. The van der Waals surface area contributed by atoms with Gasteiger partial charge in [0.15, 0.2) is 0 Å². The number of carbonyl (C=O) groups excluding carboxylic acids is 1. The predicted molar refractivity (Wildman–Crippen MR) is 112 cm³/mol. The maximum absolute atomic E-state index is 12.5. The molecule has 1 aromatic heterocycles. The van der Waals surface area contributed by atoms with Crippen molar-refractivity contribution in [1.29, 1.82) is 0 Å². The lowest BCUT2D eigenvalue weighted by atomic mass is 10.0. The number of nitro groups is 1. The summed E-state index contributed by atoms with van der Waals surface area (Å²) in [6, 6.07) is 12.6. The molecule has 1 fully saturated rings. The zero-order chi connectivity index (χ0) is 20.6. The SMILES string of the molecule is CN(C(=O)/C=C/c1ccccc1[N+](=O)[O-])C1CCN(CCc2ccccn2)CC1. The topological polar surface area (TPSA) is 79.6 Å². The molecular weight excluding hydrogens is 368 g/mol. The van der Waals surface area contributed by atoms with Crippen molar-refractivity contribution < 1.29 is 9.72 Å². The summed E-state index contributed by atoms with van der Waals surface area (Å²) in [7, 11) is 1.81. The number of benzene rings is 1. The average Bonchev–Trinajstić information content (AvgIpc) is 2.76. The van der Waals surface area contributed by atoms with Crippen LogP contribution in [0.25, 0.3) is 6.08 Å². The van der Waals surface area contributed by atoms with Gasteiger partial charge in [-0.25, -0.2) is 0 Å². The molecule has 2 aromatic rings. The van der Waals surface area contributed by atoms with E-state index in [2.05, 4.69) is 9.88 Å². The Kier molecular flexibility index (Phi) is 7.08. The molecule has 0 unspecified atom stereocenters. The summed E-state index contributed by atoms with van der Waals surface area (Å²) in [4.78, 5) is 31.7.